The summed E-state index contributed by atoms with van der Waals surface area (Å²) in [6.45, 7) is -0.475. The molecule has 0 saturated carbocycles. The van der Waals surface area contributed by atoms with Crippen molar-refractivity contribution in [1.29, 1.82) is 0 Å². The van der Waals surface area contributed by atoms with Crippen molar-refractivity contribution in [2.45, 2.75) is 12.7 Å². The van der Waals surface area contributed by atoms with Crippen molar-refractivity contribution < 1.29 is 22.8 Å². The van der Waals surface area contributed by atoms with Gasteiger partial charge in [0.15, 0.2) is 5.69 Å². The van der Waals surface area contributed by atoms with E-state index in [1.807, 2.05) is 0 Å². The lowest BCUT2D eigenvalue weighted by Gasteiger charge is -2.07. The molecule has 0 aliphatic rings. The molecular formula is C13H10ClF3N4O2. The fraction of sp³-hybridized carbons (Fsp3) is 0.154. The molecule has 0 unspecified atom stereocenters. The number of nitrogens with one attached hydrogen (secondary N) is 2. The van der Waals surface area contributed by atoms with E-state index in [9.17, 15) is 22.8 Å². The van der Waals surface area contributed by atoms with Gasteiger partial charge in [-0.3, -0.25) is 25.1 Å². The van der Waals surface area contributed by atoms with Gasteiger partial charge in [0, 0.05) is 16.8 Å². The van der Waals surface area contributed by atoms with E-state index >= 15 is 0 Å². The van der Waals surface area contributed by atoms with Crippen LogP contribution in [0.3, 0.4) is 0 Å². The number of carbonyl (C=O) groups excluding carboxylic acids is 2. The van der Waals surface area contributed by atoms with Gasteiger partial charge in [-0.1, -0.05) is 11.6 Å². The van der Waals surface area contributed by atoms with E-state index in [0.29, 0.717) is 5.02 Å². The first-order valence-corrected chi connectivity index (χ1v) is 6.59. The SMILES string of the molecule is O=C(Cn1ccc(C(F)(F)F)n1)NNC(=O)c1ccc(Cl)cc1. The first-order valence-electron chi connectivity index (χ1n) is 6.21. The summed E-state index contributed by atoms with van der Waals surface area (Å²) in [5.74, 6) is -1.32. The fourth-order valence-corrected chi connectivity index (χ4v) is 1.71. The summed E-state index contributed by atoms with van der Waals surface area (Å²) in [5, 5.41) is 3.67. The Labute approximate surface area is 133 Å². The lowest BCUT2D eigenvalue weighted by molar-refractivity contribution is -0.141. The number of nitrogens with zero attached hydrogens (tertiary/aromatic N) is 2. The van der Waals surface area contributed by atoms with Gasteiger partial charge in [-0.05, 0) is 30.3 Å². The molecule has 6 nitrogen and oxygen atoms in total. The molecule has 122 valence electrons. The van der Waals surface area contributed by atoms with Crippen molar-refractivity contribution >= 4 is 23.4 Å². The summed E-state index contributed by atoms with van der Waals surface area (Å²) in [6, 6.07) is 6.65. The molecule has 0 spiro atoms. The van der Waals surface area contributed by atoms with E-state index in [-0.39, 0.29) is 5.56 Å². The molecule has 0 aliphatic carbocycles. The van der Waals surface area contributed by atoms with Crippen LogP contribution in [-0.4, -0.2) is 21.6 Å². The summed E-state index contributed by atoms with van der Waals surface area (Å²) in [4.78, 5) is 23.3. The van der Waals surface area contributed by atoms with Crippen LogP contribution < -0.4 is 10.9 Å². The predicted molar refractivity (Wildman–Crippen MR) is 74.3 cm³/mol. The highest BCUT2D eigenvalue weighted by Crippen LogP contribution is 2.27. The highest BCUT2D eigenvalue weighted by Gasteiger charge is 2.33. The Balaban J connectivity index is 1.86. The summed E-state index contributed by atoms with van der Waals surface area (Å²) >= 11 is 5.68. The van der Waals surface area contributed by atoms with Crippen LogP contribution in [0.15, 0.2) is 36.5 Å². The second-order valence-corrected chi connectivity index (χ2v) is 4.84. The number of hydrogen-bond acceptors (Lipinski definition) is 3. The maximum absolute atomic E-state index is 12.4. The maximum Gasteiger partial charge on any atom is 0.435 e. The highest BCUT2D eigenvalue weighted by molar-refractivity contribution is 6.30. The zero-order chi connectivity index (χ0) is 17.0. The van der Waals surface area contributed by atoms with Crippen molar-refractivity contribution in [3.63, 3.8) is 0 Å². The number of benzene rings is 1. The second kappa shape index (κ2) is 6.69. The number of hydrogen-bond donors (Lipinski definition) is 2. The van der Waals surface area contributed by atoms with Crippen LogP contribution in [0.4, 0.5) is 13.2 Å². The number of aromatic nitrogens is 2. The number of amides is 2. The van der Waals surface area contributed by atoms with Gasteiger partial charge in [0.2, 0.25) is 0 Å². The lowest BCUT2D eigenvalue weighted by Crippen LogP contribution is -2.43. The van der Waals surface area contributed by atoms with Crippen molar-refractivity contribution in [3.8, 4) is 0 Å². The molecule has 1 aromatic carbocycles. The van der Waals surface area contributed by atoms with E-state index in [4.69, 9.17) is 11.6 Å². The zero-order valence-electron chi connectivity index (χ0n) is 11.4. The first-order chi connectivity index (χ1) is 10.8. The van der Waals surface area contributed by atoms with Gasteiger partial charge in [-0.25, -0.2) is 0 Å². The Morgan fingerprint density at radius 2 is 1.78 bits per heavy atom. The molecule has 0 atom stereocenters. The minimum Gasteiger partial charge on any atom is -0.271 e. The van der Waals surface area contributed by atoms with Gasteiger partial charge in [0.1, 0.15) is 6.54 Å². The molecule has 0 aliphatic heterocycles. The quantitative estimate of drug-likeness (QED) is 0.835. The number of carbonyl (C=O) groups is 2. The highest BCUT2D eigenvalue weighted by atomic mass is 35.5. The molecule has 0 radical (unpaired) electrons. The van der Waals surface area contributed by atoms with Crippen LogP contribution in [0.25, 0.3) is 0 Å². The molecule has 10 heteroatoms. The average molecular weight is 347 g/mol. The van der Waals surface area contributed by atoms with Crippen LogP contribution in [0.2, 0.25) is 5.02 Å². The second-order valence-electron chi connectivity index (χ2n) is 4.41. The van der Waals surface area contributed by atoms with Crippen LogP contribution in [0, 0.1) is 0 Å². The Morgan fingerprint density at radius 3 is 2.35 bits per heavy atom. The average Bonchev–Trinajstić information content (AvgIpc) is 2.94. The van der Waals surface area contributed by atoms with Crippen molar-refractivity contribution in [2.24, 2.45) is 0 Å². The standard InChI is InChI=1S/C13H10ClF3N4O2/c14-9-3-1-8(2-4-9)12(23)19-18-11(22)7-21-6-5-10(20-21)13(15,16)17/h1-6H,7H2,(H,18,22)(H,19,23). The van der Waals surface area contributed by atoms with Crippen molar-refractivity contribution in [3.05, 3.63) is 52.8 Å². The fourth-order valence-electron chi connectivity index (χ4n) is 1.59. The Hall–Kier alpha value is -2.55. The largest absolute Gasteiger partial charge is 0.435 e. The van der Waals surface area contributed by atoms with E-state index < -0.39 is 30.2 Å². The van der Waals surface area contributed by atoms with Crippen molar-refractivity contribution in [2.75, 3.05) is 0 Å². The molecule has 1 aromatic heterocycles. The van der Waals surface area contributed by atoms with Gasteiger partial charge in [0.25, 0.3) is 11.8 Å². The topological polar surface area (TPSA) is 76.0 Å². The third-order valence-corrected chi connectivity index (χ3v) is 2.91. The van der Waals surface area contributed by atoms with Gasteiger partial charge in [-0.2, -0.15) is 18.3 Å². The third-order valence-electron chi connectivity index (χ3n) is 2.66. The van der Waals surface area contributed by atoms with Crippen LogP contribution in [0.5, 0.6) is 0 Å². The molecule has 2 aromatic rings. The van der Waals surface area contributed by atoms with E-state index in [0.717, 1.165) is 16.9 Å². The van der Waals surface area contributed by atoms with Crippen molar-refractivity contribution in [1.82, 2.24) is 20.6 Å². The van der Waals surface area contributed by atoms with Gasteiger partial charge in [0.05, 0.1) is 0 Å². The van der Waals surface area contributed by atoms with E-state index in [1.165, 1.54) is 24.3 Å². The summed E-state index contributed by atoms with van der Waals surface area (Å²) in [5.41, 5.74) is 3.37. The number of rotatable bonds is 3. The number of alkyl halides is 3. The molecule has 0 fully saturated rings. The van der Waals surface area contributed by atoms with E-state index in [2.05, 4.69) is 16.0 Å². The normalized spacial score (nSPS) is 11.1. The van der Waals surface area contributed by atoms with Crippen LogP contribution >= 0.6 is 11.6 Å². The van der Waals surface area contributed by atoms with Crippen LogP contribution in [0.1, 0.15) is 16.1 Å². The first kappa shape index (κ1) is 16.8. The minimum absolute atomic E-state index is 0.258. The molecule has 2 N–H and O–H groups in total. The third kappa shape index (κ3) is 4.71. The number of halogens is 4. The monoisotopic (exact) mass is 346 g/mol. The molecule has 0 bridgehead atoms. The summed E-state index contributed by atoms with van der Waals surface area (Å²) in [7, 11) is 0. The van der Waals surface area contributed by atoms with E-state index in [1.54, 1.807) is 0 Å². The molecule has 2 amide bonds. The molecule has 0 saturated heterocycles. The van der Waals surface area contributed by atoms with Gasteiger partial charge >= 0.3 is 6.18 Å². The Kier molecular flexibility index (Phi) is 4.89. The summed E-state index contributed by atoms with van der Waals surface area (Å²) in [6.07, 6.45) is -3.56. The van der Waals surface area contributed by atoms with Crippen LogP contribution in [-0.2, 0) is 17.5 Å². The Morgan fingerprint density at radius 1 is 1.13 bits per heavy atom. The minimum atomic E-state index is -4.58. The number of hydrazine groups is 1. The smallest absolute Gasteiger partial charge is 0.271 e. The molecule has 1 heterocycles. The van der Waals surface area contributed by atoms with Gasteiger partial charge in [-0.15, -0.1) is 0 Å². The summed E-state index contributed by atoms with van der Waals surface area (Å²) < 4.78 is 37.9. The predicted octanol–water partition coefficient (Wildman–Crippen LogP) is 2.02. The zero-order valence-corrected chi connectivity index (χ0v) is 12.1. The Bertz CT molecular complexity index is 713. The maximum atomic E-state index is 12.4. The molecule has 2 rings (SSSR count). The van der Waals surface area contributed by atoms with Gasteiger partial charge < -0.3 is 0 Å². The lowest BCUT2D eigenvalue weighted by atomic mass is 10.2. The molecule has 23 heavy (non-hydrogen) atoms. The molecular weight excluding hydrogens is 337 g/mol.